The van der Waals surface area contributed by atoms with E-state index in [0.717, 1.165) is 0 Å². The fourth-order valence-electron chi connectivity index (χ4n) is 1.59. The molecule has 1 aromatic carbocycles. The zero-order valence-corrected chi connectivity index (χ0v) is 11.9. The molecule has 2 aromatic rings. The van der Waals surface area contributed by atoms with Crippen LogP contribution in [0.5, 0.6) is 5.75 Å². The molecule has 0 saturated carbocycles. The van der Waals surface area contributed by atoms with Crippen LogP contribution in [0.1, 0.15) is 16.6 Å². The second-order valence-electron chi connectivity index (χ2n) is 4.19. The third-order valence-corrected chi connectivity index (χ3v) is 3.56. The number of carbonyl (C=O) groups excluding carboxylic acids is 2. The first-order valence-corrected chi connectivity index (χ1v) is 7.11. The third kappa shape index (κ3) is 3.93. The van der Waals surface area contributed by atoms with Crippen molar-refractivity contribution in [1.82, 2.24) is 5.32 Å². The molecule has 5 heteroatoms. The quantitative estimate of drug-likeness (QED) is 0.831. The maximum Gasteiger partial charge on any atom is 0.261 e. The molecule has 0 saturated heterocycles. The van der Waals surface area contributed by atoms with Crippen LogP contribution in [0.2, 0.25) is 0 Å². The highest BCUT2D eigenvalue weighted by Gasteiger charge is 2.16. The Kier molecular flexibility index (Phi) is 4.90. The Morgan fingerprint density at radius 3 is 2.60 bits per heavy atom. The van der Waals surface area contributed by atoms with Gasteiger partial charge in [-0.3, -0.25) is 9.59 Å². The van der Waals surface area contributed by atoms with E-state index < -0.39 is 6.10 Å². The van der Waals surface area contributed by atoms with E-state index in [1.807, 2.05) is 23.6 Å². The molecule has 2 rings (SSSR count). The maximum absolute atomic E-state index is 11.8. The van der Waals surface area contributed by atoms with E-state index in [-0.39, 0.29) is 18.2 Å². The molecule has 0 spiro atoms. The van der Waals surface area contributed by atoms with Crippen molar-refractivity contribution in [2.45, 2.75) is 13.0 Å². The van der Waals surface area contributed by atoms with E-state index in [4.69, 9.17) is 4.74 Å². The van der Waals surface area contributed by atoms with Gasteiger partial charge in [0.1, 0.15) is 5.75 Å². The van der Waals surface area contributed by atoms with Crippen molar-refractivity contribution in [3.05, 3.63) is 52.7 Å². The normalized spacial score (nSPS) is 11.7. The molecule has 104 valence electrons. The first kappa shape index (κ1) is 14.3. The Hall–Kier alpha value is -2.14. The molecule has 1 atom stereocenters. The first-order valence-electron chi connectivity index (χ1n) is 6.23. The van der Waals surface area contributed by atoms with E-state index in [9.17, 15) is 9.59 Å². The smallest absolute Gasteiger partial charge is 0.261 e. The lowest BCUT2D eigenvalue weighted by atomic mass is 10.3. The maximum atomic E-state index is 11.8. The molecule has 0 aliphatic rings. The summed E-state index contributed by atoms with van der Waals surface area (Å²) in [6.07, 6.45) is -0.645. The van der Waals surface area contributed by atoms with Crippen molar-refractivity contribution in [2.75, 3.05) is 6.54 Å². The molecule has 1 aromatic heterocycles. The number of ketones is 1. The molecule has 0 fully saturated rings. The molecule has 0 radical (unpaired) electrons. The summed E-state index contributed by atoms with van der Waals surface area (Å²) < 4.78 is 5.48. The van der Waals surface area contributed by atoms with Crippen LogP contribution >= 0.6 is 11.3 Å². The number of nitrogens with one attached hydrogen (secondary N) is 1. The van der Waals surface area contributed by atoms with Gasteiger partial charge in [-0.05, 0) is 30.5 Å². The van der Waals surface area contributed by atoms with Gasteiger partial charge >= 0.3 is 0 Å². The van der Waals surface area contributed by atoms with Crippen LogP contribution in [0, 0.1) is 0 Å². The summed E-state index contributed by atoms with van der Waals surface area (Å²) in [5.41, 5.74) is 0. The van der Waals surface area contributed by atoms with E-state index in [2.05, 4.69) is 5.32 Å². The topological polar surface area (TPSA) is 55.4 Å². The Labute approximate surface area is 121 Å². The van der Waals surface area contributed by atoms with E-state index in [0.29, 0.717) is 10.6 Å². The standard InChI is InChI=1S/C15H15NO3S/c1-11(19-12-6-3-2-4-7-12)15(18)16-10-13(17)14-8-5-9-20-14/h2-9,11H,10H2,1H3,(H,16,18)/t11-/m1/s1. The zero-order chi connectivity index (χ0) is 14.4. The van der Waals surface area contributed by atoms with E-state index >= 15 is 0 Å². The summed E-state index contributed by atoms with van der Waals surface area (Å²) in [4.78, 5) is 24.2. The monoisotopic (exact) mass is 289 g/mol. The van der Waals surface area contributed by atoms with Crippen LogP contribution < -0.4 is 10.1 Å². The first-order chi connectivity index (χ1) is 9.66. The Bertz CT molecular complexity index is 566. The number of rotatable bonds is 6. The summed E-state index contributed by atoms with van der Waals surface area (Å²) in [6, 6.07) is 12.6. The van der Waals surface area contributed by atoms with Gasteiger partial charge in [0.2, 0.25) is 0 Å². The number of hydrogen-bond acceptors (Lipinski definition) is 4. The molecule has 1 heterocycles. The van der Waals surface area contributed by atoms with Crippen LogP contribution in [0.3, 0.4) is 0 Å². The molecular formula is C15H15NO3S. The van der Waals surface area contributed by atoms with Crippen LogP contribution in [0.25, 0.3) is 0 Å². The summed E-state index contributed by atoms with van der Waals surface area (Å²) in [6.45, 7) is 1.64. The fraction of sp³-hybridized carbons (Fsp3) is 0.200. The lowest BCUT2D eigenvalue weighted by Gasteiger charge is -2.14. The highest BCUT2D eigenvalue weighted by atomic mass is 32.1. The second kappa shape index (κ2) is 6.86. The van der Waals surface area contributed by atoms with Crippen LogP contribution in [0.15, 0.2) is 47.8 Å². The van der Waals surface area contributed by atoms with Crippen LogP contribution in [0.4, 0.5) is 0 Å². The SMILES string of the molecule is C[C@@H](Oc1ccccc1)C(=O)NCC(=O)c1cccs1. The number of amides is 1. The molecule has 0 aliphatic carbocycles. The van der Waals surface area contributed by atoms with Gasteiger partial charge in [-0.15, -0.1) is 11.3 Å². The summed E-state index contributed by atoms with van der Waals surface area (Å²) in [7, 11) is 0. The lowest BCUT2D eigenvalue weighted by Crippen LogP contribution is -2.38. The molecule has 1 amide bonds. The van der Waals surface area contributed by atoms with Crippen molar-refractivity contribution in [2.24, 2.45) is 0 Å². The minimum atomic E-state index is -0.645. The van der Waals surface area contributed by atoms with Gasteiger partial charge in [-0.2, -0.15) is 0 Å². The second-order valence-corrected chi connectivity index (χ2v) is 5.14. The van der Waals surface area contributed by atoms with Gasteiger partial charge < -0.3 is 10.1 Å². The minimum absolute atomic E-state index is 0.0121. The number of thiophene rings is 1. The van der Waals surface area contributed by atoms with Crippen LogP contribution in [-0.2, 0) is 4.79 Å². The zero-order valence-electron chi connectivity index (χ0n) is 11.0. The Balaban J connectivity index is 1.81. The van der Waals surface area contributed by atoms with Gasteiger partial charge in [0.15, 0.2) is 11.9 Å². The average molecular weight is 289 g/mol. The predicted octanol–water partition coefficient (Wildman–Crippen LogP) is 2.51. The highest BCUT2D eigenvalue weighted by Crippen LogP contribution is 2.11. The summed E-state index contributed by atoms with van der Waals surface area (Å²) in [5.74, 6) is 0.221. The average Bonchev–Trinajstić information content (AvgIpc) is 2.99. The van der Waals surface area contributed by atoms with Crippen LogP contribution in [-0.4, -0.2) is 24.3 Å². The molecular weight excluding hydrogens is 274 g/mol. The molecule has 20 heavy (non-hydrogen) atoms. The van der Waals surface area contributed by atoms with Gasteiger partial charge in [0, 0.05) is 0 Å². The molecule has 0 bridgehead atoms. The van der Waals surface area contributed by atoms with Crippen molar-refractivity contribution in [1.29, 1.82) is 0 Å². The molecule has 0 aliphatic heterocycles. The largest absolute Gasteiger partial charge is 0.481 e. The Morgan fingerprint density at radius 2 is 1.95 bits per heavy atom. The van der Waals surface area contributed by atoms with Crippen molar-refractivity contribution >= 4 is 23.0 Å². The number of para-hydroxylation sites is 1. The van der Waals surface area contributed by atoms with Crippen molar-refractivity contribution in [3.63, 3.8) is 0 Å². The van der Waals surface area contributed by atoms with Crippen molar-refractivity contribution in [3.8, 4) is 5.75 Å². The third-order valence-electron chi connectivity index (χ3n) is 2.64. The lowest BCUT2D eigenvalue weighted by molar-refractivity contribution is -0.127. The predicted molar refractivity (Wildman–Crippen MR) is 78.2 cm³/mol. The molecule has 4 nitrogen and oxygen atoms in total. The van der Waals surface area contributed by atoms with Gasteiger partial charge in [-0.25, -0.2) is 0 Å². The van der Waals surface area contributed by atoms with E-state index in [1.165, 1.54) is 11.3 Å². The van der Waals surface area contributed by atoms with E-state index in [1.54, 1.807) is 31.2 Å². The summed E-state index contributed by atoms with van der Waals surface area (Å²) >= 11 is 1.36. The van der Waals surface area contributed by atoms with Crippen molar-refractivity contribution < 1.29 is 14.3 Å². The number of carbonyl (C=O) groups is 2. The van der Waals surface area contributed by atoms with Gasteiger partial charge in [0.05, 0.1) is 11.4 Å². The summed E-state index contributed by atoms with van der Waals surface area (Å²) in [5, 5.41) is 4.41. The van der Waals surface area contributed by atoms with Gasteiger partial charge in [0.25, 0.3) is 5.91 Å². The number of Topliss-reactive ketones (excluding diaryl/α,β-unsaturated/α-hetero) is 1. The fourth-order valence-corrected chi connectivity index (χ4v) is 2.26. The minimum Gasteiger partial charge on any atom is -0.481 e. The van der Waals surface area contributed by atoms with Gasteiger partial charge in [-0.1, -0.05) is 24.3 Å². The molecule has 0 unspecified atom stereocenters. The number of benzene rings is 1. The molecule has 1 N–H and O–H groups in total. The highest BCUT2D eigenvalue weighted by molar-refractivity contribution is 7.12. The number of hydrogen-bond donors (Lipinski definition) is 1. The Morgan fingerprint density at radius 1 is 1.20 bits per heavy atom. The number of ether oxygens (including phenoxy) is 1.